The summed E-state index contributed by atoms with van der Waals surface area (Å²) in [6, 6.07) is 9.41. The summed E-state index contributed by atoms with van der Waals surface area (Å²) < 4.78 is 41.8. The highest BCUT2D eigenvalue weighted by Gasteiger charge is 2.32. The van der Waals surface area contributed by atoms with Crippen LogP contribution in [0.1, 0.15) is 58.2 Å². The third-order valence-corrected chi connectivity index (χ3v) is 4.25. The number of para-hydroxylation sites is 2. The number of aliphatic imine (C=N–C) groups is 1. The standard InChI is InChI=1S/C22H26F3NO2/c1-20(2,3)15-11-14(19(27)16(12-15)21(4,5)6)13-26-17-9-7-8-10-18(17)28-22(23,24)25/h7-13,27H,1-6H3. The molecule has 0 saturated carbocycles. The highest BCUT2D eigenvalue weighted by atomic mass is 19.4. The van der Waals surface area contributed by atoms with Crippen LogP contribution in [0.4, 0.5) is 18.9 Å². The molecular weight excluding hydrogens is 367 g/mol. The molecule has 28 heavy (non-hydrogen) atoms. The highest BCUT2D eigenvalue weighted by molar-refractivity contribution is 5.87. The molecule has 2 aromatic carbocycles. The smallest absolute Gasteiger partial charge is 0.507 e. The van der Waals surface area contributed by atoms with Crippen LogP contribution < -0.4 is 4.74 Å². The molecule has 0 fully saturated rings. The van der Waals surface area contributed by atoms with Crippen molar-refractivity contribution in [1.82, 2.24) is 0 Å². The predicted octanol–water partition coefficient (Wildman–Crippen LogP) is 6.64. The first-order valence-electron chi connectivity index (χ1n) is 8.95. The van der Waals surface area contributed by atoms with Crippen molar-refractivity contribution < 1.29 is 23.0 Å². The number of halogens is 3. The second-order valence-corrected chi connectivity index (χ2v) is 8.74. The van der Waals surface area contributed by atoms with E-state index in [9.17, 15) is 18.3 Å². The van der Waals surface area contributed by atoms with E-state index < -0.39 is 12.1 Å². The summed E-state index contributed by atoms with van der Waals surface area (Å²) >= 11 is 0. The molecule has 0 aliphatic rings. The average molecular weight is 393 g/mol. The maximum absolute atomic E-state index is 12.6. The molecule has 0 radical (unpaired) electrons. The Morgan fingerprint density at radius 3 is 2.07 bits per heavy atom. The Morgan fingerprint density at radius 2 is 1.54 bits per heavy atom. The minimum atomic E-state index is -4.81. The fourth-order valence-corrected chi connectivity index (χ4v) is 2.67. The molecule has 0 aliphatic heterocycles. The summed E-state index contributed by atoms with van der Waals surface area (Å²) in [5.41, 5.74) is 1.73. The van der Waals surface area contributed by atoms with Crippen LogP contribution in [0.15, 0.2) is 41.4 Å². The van der Waals surface area contributed by atoms with Gasteiger partial charge in [-0.15, -0.1) is 13.2 Å². The lowest BCUT2D eigenvalue weighted by molar-refractivity contribution is -0.274. The summed E-state index contributed by atoms with van der Waals surface area (Å²) in [6.45, 7) is 12.1. The van der Waals surface area contributed by atoms with Crippen LogP contribution in [0.5, 0.6) is 11.5 Å². The van der Waals surface area contributed by atoms with Gasteiger partial charge < -0.3 is 9.84 Å². The van der Waals surface area contributed by atoms with Gasteiger partial charge >= 0.3 is 6.36 Å². The van der Waals surface area contributed by atoms with E-state index in [0.29, 0.717) is 5.56 Å². The summed E-state index contributed by atoms with van der Waals surface area (Å²) in [7, 11) is 0. The molecule has 6 heteroatoms. The zero-order valence-corrected chi connectivity index (χ0v) is 17.0. The van der Waals surface area contributed by atoms with Gasteiger partial charge in [0, 0.05) is 17.3 Å². The molecule has 2 rings (SSSR count). The Kier molecular flexibility index (Phi) is 5.83. The molecule has 0 heterocycles. The van der Waals surface area contributed by atoms with E-state index in [4.69, 9.17) is 0 Å². The molecule has 0 aromatic heterocycles. The number of ether oxygens (including phenoxy) is 1. The third kappa shape index (κ3) is 5.50. The van der Waals surface area contributed by atoms with Crippen molar-refractivity contribution in [2.24, 2.45) is 4.99 Å². The molecule has 0 amide bonds. The molecule has 1 N–H and O–H groups in total. The monoisotopic (exact) mass is 393 g/mol. The van der Waals surface area contributed by atoms with Gasteiger partial charge in [0.2, 0.25) is 0 Å². The van der Waals surface area contributed by atoms with Crippen molar-refractivity contribution in [3.8, 4) is 11.5 Å². The van der Waals surface area contributed by atoms with E-state index in [2.05, 4.69) is 30.5 Å². The number of rotatable bonds is 3. The highest BCUT2D eigenvalue weighted by Crippen LogP contribution is 2.38. The molecule has 0 bridgehead atoms. The topological polar surface area (TPSA) is 41.8 Å². The Bertz CT molecular complexity index is 873. The molecule has 0 atom stereocenters. The zero-order valence-electron chi connectivity index (χ0n) is 17.0. The summed E-state index contributed by atoms with van der Waals surface area (Å²) in [6.07, 6.45) is -3.43. The van der Waals surface area contributed by atoms with Gasteiger partial charge in [-0.1, -0.05) is 59.7 Å². The van der Waals surface area contributed by atoms with Crippen LogP contribution in [0.25, 0.3) is 0 Å². The number of hydrogen-bond acceptors (Lipinski definition) is 3. The fourth-order valence-electron chi connectivity index (χ4n) is 2.67. The van der Waals surface area contributed by atoms with Crippen molar-refractivity contribution in [3.05, 3.63) is 53.1 Å². The van der Waals surface area contributed by atoms with Crippen molar-refractivity contribution >= 4 is 11.9 Å². The quantitative estimate of drug-likeness (QED) is 0.594. The van der Waals surface area contributed by atoms with Crippen molar-refractivity contribution in [3.63, 3.8) is 0 Å². The van der Waals surface area contributed by atoms with E-state index in [1.807, 2.05) is 26.8 Å². The van der Waals surface area contributed by atoms with Crippen molar-refractivity contribution in [1.29, 1.82) is 0 Å². The first-order chi connectivity index (χ1) is 12.7. The van der Waals surface area contributed by atoms with Gasteiger partial charge in [-0.25, -0.2) is 0 Å². The van der Waals surface area contributed by atoms with E-state index >= 15 is 0 Å². The molecule has 0 unspecified atom stereocenters. The van der Waals surface area contributed by atoms with Gasteiger partial charge in [0.25, 0.3) is 0 Å². The van der Waals surface area contributed by atoms with Gasteiger partial charge in [0.15, 0.2) is 5.75 Å². The van der Waals surface area contributed by atoms with Crippen molar-refractivity contribution in [2.75, 3.05) is 0 Å². The van der Waals surface area contributed by atoms with Crippen LogP contribution in [-0.4, -0.2) is 17.7 Å². The normalized spacial score (nSPS) is 13.2. The lowest BCUT2D eigenvalue weighted by atomic mass is 9.79. The second-order valence-electron chi connectivity index (χ2n) is 8.74. The van der Waals surface area contributed by atoms with Gasteiger partial charge in [-0.3, -0.25) is 4.99 Å². The molecule has 2 aromatic rings. The number of alkyl halides is 3. The maximum Gasteiger partial charge on any atom is 0.573 e. The number of hydrogen-bond donors (Lipinski definition) is 1. The molecule has 152 valence electrons. The first-order valence-corrected chi connectivity index (χ1v) is 8.95. The Balaban J connectivity index is 2.55. The van der Waals surface area contributed by atoms with E-state index in [1.54, 1.807) is 12.1 Å². The van der Waals surface area contributed by atoms with Crippen LogP contribution in [0, 0.1) is 0 Å². The van der Waals surface area contributed by atoms with Gasteiger partial charge in [-0.05, 0) is 34.6 Å². The Morgan fingerprint density at radius 1 is 0.929 bits per heavy atom. The van der Waals surface area contributed by atoms with E-state index in [1.165, 1.54) is 24.4 Å². The van der Waals surface area contributed by atoms with Gasteiger partial charge in [-0.2, -0.15) is 0 Å². The molecule has 0 spiro atoms. The molecule has 3 nitrogen and oxygen atoms in total. The first kappa shape index (κ1) is 21.8. The number of benzene rings is 2. The molecular formula is C22H26F3NO2. The number of nitrogens with zero attached hydrogens (tertiary/aromatic N) is 1. The number of phenolic OH excluding ortho intramolecular Hbond substituents is 1. The molecule has 0 aliphatic carbocycles. The summed E-state index contributed by atoms with van der Waals surface area (Å²) in [4.78, 5) is 4.16. The van der Waals surface area contributed by atoms with Crippen LogP contribution in [0.2, 0.25) is 0 Å². The SMILES string of the molecule is CC(C)(C)c1cc(C=Nc2ccccc2OC(F)(F)F)c(O)c(C(C)(C)C)c1. The lowest BCUT2D eigenvalue weighted by Gasteiger charge is -2.27. The second kappa shape index (κ2) is 7.49. The number of phenols is 1. The summed E-state index contributed by atoms with van der Waals surface area (Å²) in [5.74, 6) is -0.327. The Hall–Kier alpha value is -2.50. The maximum atomic E-state index is 12.6. The van der Waals surface area contributed by atoms with Crippen LogP contribution in [-0.2, 0) is 10.8 Å². The predicted molar refractivity (Wildman–Crippen MR) is 106 cm³/mol. The van der Waals surface area contributed by atoms with Crippen LogP contribution >= 0.6 is 0 Å². The third-order valence-electron chi connectivity index (χ3n) is 4.25. The zero-order chi connectivity index (χ0) is 21.3. The van der Waals surface area contributed by atoms with Crippen LogP contribution in [0.3, 0.4) is 0 Å². The Labute approximate surface area is 163 Å². The average Bonchev–Trinajstić information content (AvgIpc) is 2.51. The van der Waals surface area contributed by atoms with Crippen molar-refractivity contribution in [2.45, 2.75) is 58.7 Å². The fraction of sp³-hybridized carbons (Fsp3) is 0.409. The number of aromatic hydroxyl groups is 1. The molecule has 0 saturated heterocycles. The van der Waals surface area contributed by atoms with Gasteiger partial charge in [0.05, 0.1) is 0 Å². The largest absolute Gasteiger partial charge is 0.573 e. The van der Waals surface area contributed by atoms with E-state index in [0.717, 1.165) is 11.1 Å². The van der Waals surface area contributed by atoms with E-state index in [-0.39, 0.29) is 22.3 Å². The summed E-state index contributed by atoms with van der Waals surface area (Å²) in [5, 5.41) is 10.7. The minimum absolute atomic E-state index is 0.0256. The van der Waals surface area contributed by atoms with Gasteiger partial charge in [0.1, 0.15) is 11.4 Å². The minimum Gasteiger partial charge on any atom is -0.507 e. The lowest BCUT2D eigenvalue weighted by Crippen LogP contribution is -2.17.